The van der Waals surface area contributed by atoms with E-state index in [0.717, 1.165) is 17.9 Å². The fraction of sp³-hybridized carbons (Fsp3) is 0.778. The molecule has 3 unspecified atom stereocenters. The molecule has 2 heterocycles. The van der Waals surface area contributed by atoms with Crippen LogP contribution in [-0.2, 0) is 0 Å². The molecule has 21 heavy (non-hydrogen) atoms. The Kier molecular flexibility index (Phi) is 4.72. The fourth-order valence-corrected chi connectivity index (χ4v) is 5.11. The number of nitrogens with zero attached hydrogens (tertiary/aromatic N) is 1. The first-order valence-corrected chi connectivity index (χ1v) is 9.42. The summed E-state index contributed by atoms with van der Waals surface area (Å²) in [6.07, 6.45) is 4.26. The molecule has 1 N–H and O–H groups in total. The van der Waals surface area contributed by atoms with Crippen molar-refractivity contribution in [1.82, 2.24) is 10.2 Å². The van der Waals surface area contributed by atoms with Gasteiger partial charge in [0.1, 0.15) is 0 Å². The predicted octanol–water partition coefficient (Wildman–Crippen LogP) is 4.22. The van der Waals surface area contributed by atoms with Gasteiger partial charge in [-0.3, -0.25) is 0 Å². The van der Waals surface area contributed by atoms with Gasteiger partial charge in [-0.25, -0.2) is 0 Å². The van der Waals surface area contributed by atoms with Gasteiger partial charge in [-0.15, -0.1) is 11.3 Å². The van der Waals surface area contributed by atoms with Gasteiger partial charge in [0.05, 0.1) is 0 Å². The molecule has 1 aliphatic heterocycles. The molecule has 118 valence electrons. The van der Waals surface area contributed by atoms with Gasteiger partial charge in [0.15, 0.2) is 0 Å². The standard InChI is InChI=1S/C18H30N2S/c1-12(2)20-10-15-6-5-7-16(11-20)18(15)19-14(4)17-9-8-13(3)21-17/h8-9,12,14-16,18-19H,5-7,10-11H2,1-4H3. The Bertz CT molecular complexity index is 454. The minimum atomic E-state index is 0.502. The highest BCUT2D eigenvalue weighted by atomic mass is 32.1. The number of rotatable bonds is 4. The van der Waals surface area contributed by atoms with Crippen LogP contribution in [0.15, 0.2) is 12.1 Å². The van der Waals surface area contributed by atoms with E-state index in [1.807, 2.05) is 11.3 Å². The van der Waals surface area contributed by atoms with Crippen molar-refractivity contribution in [1.29, 1.82) is 0 Å². The van der Waals surface area contributed by atoms with Gasteiger partial charge in [0, 0.05) is 41.0 Å². The number of hydrogen-bond acceptors (Lipinski definition) is 3. The summed E-state index contributed by atoms with van der Waals surface area (Å²) in [5, 5.41) is 3.99. The van der Waals surface area contributed by atoms with E-state index < -0.39 is 0 Å². The summed E-state index contributed by atoms with van der Waals surface area (Å²) >= 11 is 1.95. The van der Waals surface area contributed by atoms with Crippen molar-refractivity contribution in [3.05, 3.63) is 21.9 Å². The van der Waals surface area contributed by atoms with Crippen molar-refractivity contribution < 1.29 is 0 Å². The molecular formula is C18H30N2S. The van der Waals surface area contributed by atoms with E-state index in [1.54, 1.807) is 0 Å². The van der Waals surface area contributed by atoms with Crippen LogP contribution in [0.4, 0.5) is 0 Å². The van der Waals surface area contributed by atoms with Gasteiger partial charge in [-0.1, -0.05) is 6.42 Å². The molecular weight excluding hydrogens is 276 g/mol. The Hall–Kier alpha value is -0.380. The number of hydrogen-bond donors (Lipinski definition) is 1. The van der Waals surface area contributed by atoms with Crippen LogP contribution in [0.2, 0.25) is 0 Å². The Labute approximate surface area is 133 Å². The molecule has 3 atom stereocenters. The van der Waals surface area contributed by atoms with Gasteiger partial charge >= 0.3 is 0 Å². The summed E-state index contributed by atoms with van der Waals surface area (Å²) in [6, 6.07) is 6.48. The lowest BCUT2D eigenvalue weighted by atomic mass is 9.73. The molecule has 2 bridgehead atoms. The van der Waals surface area contributed by atoms with Gasteiger partial charge in [0.2, 0.25) is 0 Å². The topological polar surface area (TPSA) is 15.3 Å². The number of piperidine rings is 1. The van der Waals surface area contributed by atoms with Crippen LogP contribution in [0.5, 0.6) is 0 Å². The number of aryl methyl sites for hydroxylation is 1. The summed E-state index contributed by atoms with van der Waals surface area (Å²) in [5.41, 5.74) is 0. The highest BCUT2D eigenvalue weighted by Gasteiger charge is 2.40. The molecule has 1 saturated carbocycles. The third kappa shape index (κ3) is 3.35. The van der Waals surface area contributed by atoms with Gasteiger partial charge < -0.3 is 10.2 Å². The zero-order valence-electron chi connectivity index (χ0n) is 13.9. The molecule has 0 amide bonds. The lowest BCUT2D eigenvalue weighted by molar-refractivity contribution is 0.0258. The third-order valence-electron chi connectivity index (χ3n) is 5.46. The number of fused-ring (bicyclic) bond motifs is 2. The molecule has 0 aromatic carbocycles. The minimum Gasteiger partial charge on any atom is -0.306 e. The maximum absolute atomic E-state index is 3.99. The van der Waals surface area contributed by atoms with Gasteiger partial charge in [-0.05, 0) is 64.5 Å². The molecule has 3 heteroatoms. The number of thiophene rings is 1. The molecule has 1 aromatic rings. The zero-order chi connectivity index (χ0) is 15.0. The smallest absolute Gasteiger partial charge is 0.0388 e. The van der Waals surface area contributed by atoms with Crippen molar-refractivity contribution >= 4 is 11.3 Å². The molecule has 2 nitrogen and oxygen atoms in total. The maximum atomic E-state index is 3.99. The fourth-order valence-electron chi connectivity index (χ4n) is 4.22. The van der Waals surface area contributed by atoms with Crippen LogP contribution < -0.4 is 5.32 Å². The van der Waals surface area contributed by atoms with E-state index in [0.29, 0.717) is 12.1 Å². The lowest BCUT2D eigenvalue weighted by Gasteiger charge is -2.49. The highest BCUT2D eigenvalue weighted by molar-refractivity contribution is 7.12. The van der Waals surface area contributed by atoms with Crippen LogP contribution in [0, 0.1) is 18.8 Å². The first-order chi connectivity index (χ1) is 10.0. The molecule has 0 radical (unpaired) electrons. The van der Waals surface area contributed by atoms with Crippen LogP contribution in [0.3, 0.4) is 0 Å². The van der Waals surface area contributed by atoms with Crippen LogP contribution >= 0.6 is 11.3 Å². The Morgan fingerprint density at radius 1 is 1.14 bits per heavy atom. The predicted molar refractivity (Wildman–Crippen MR) is 91.9 cm³/mol. The molecule has 3 rings (SSSR count). The summed E-state index contributed by atoms with van der Waals surface area (Å²) in [4.78, 5) is 5.62. The van der Waals surface area contributed by atoms with E-state index in [1.165, 1.54) is 42.1 Å². The molecule has 2 aliphatic rings. The van der Waals surface area contributed by atoms with Gasteiger partial charge in [0.25, 0.3) is 0 Å². The van der Waals surface area contributed by atoms with E-state index in [-0.39, 0.29) is 0 Å². The van der Waals surface area contributed by atoms with E-state index in [4.69, 9.17) is 0 Å². The van der Waals surface area contributed by atoms with Gasteiger partial charge in [-0.2, -0.15) is 0 Å². The second kappa shape index (κ2) is 6.39. The first-order valence-electron chi connectivity index (χ1n) is 8.61. The van der Waals surface area contributed by atoms with Crippen molar-refractivity contribution in [2.75, 3.05) is 13.1 Å². The Balaban J connectivity index is 1.68. The quantitative estimate of drug-likeness (QED) is 0.896. The Morgan fingerprint density at radius 3 is 2.33 bits per heavy atom. The molecule has 1 saturated heterocycles. The largest absolute Gasteiger partial charge is 0.306 e. The summed E-state index contributed by atoms with van der Waals surface area (Å²) < 4.78 is 0. The summed E-state index contributed by atoms with van der Waals surface area (Å²) in [7, 11) is 0. The lowest BCUT2D eigenvalue weighted by Crippen LogP contribution is -2.58. The average Bonchev–Trinajstić information content (AvgIpc) is 2.84. The number of likely N-dealkylation sites (tertiary alicyclic amines) is 1. The molecule has 2 fully saturated rings. The SMILES string of the molecule is Cc1ccc(C(C)NC2C3CCCC2CN(C(C)C)C3)s1. The Morgan fingerprint density at radius 2 is 1.81 bits per heavy atom. The second-order valence-electron chi connectivity index (χ2n) is 7.36. The van der Waals surface area contributed by atoms with Crippen molar-refractivity contribution in [2.24, 2.45) is 11.8 Å². The first kappa shape index (κ1) is 15.5. The van der Waals surface area contributed by atoms with Crippen molar-refractivity contribution in [3.63, 3.8) is 0 Å². The molecule has 1 aliphatic carbocycles. The third-order valence-corrected chi connectivity index (χ3v) is 6.65. The molecule has 0 spiro atoms. The van der Waals surface area contributed by atoms with E-state index in [2.05, 4.69) is 50.0 Å². The van der Waals surface area contributed by atoms with Crippen LogP contribution in [0.1, 0.15) is 55.8 Å². The highest BCUT2D eigenvalue weighted by Crippen LogP contribution is 2.37. The van der Waals surface area contributed by atoms with E-state index >= 15 is 0 Å². The molecule has 1 aromatic heterocycles. The average molecular weight is 307 g/mol. The van der Waals surface area contributed by atoms with Crippen LogP contribution in [0.25, 0.3) is 0 Å². The van der Waals surface area contributed by atoms with Crippen molar-refractivity contribution in [2.45, 2.75) is 65.1 Å². The van der Waals surface area contributed by atoms with Crippen LogP contribution in [-0.4, -0.2) is 30.1 Å². The minimum absolute atomic E-state index is 0.502. The van der Waals surface area contributed by atoms with E-state index in [9.17, 15) is 0 Å². The van der Waals surface area contributed by atoms with Crippen molar-refractivity contribution in [3.8, 4) is 0 Å². The number of nitrogens with one attached hydrogen (secondary N) is 1. The maximum Gasteiger partial charge on any atom is 0.0388 e. The zero-order valence-corrected chi connectivity index (χ0v) is 14.7. The summed E-state index contributed by atoms with van der Waals surface area (Å²) in [6.45, 7) is 11.8. The normalized spacial score (nSPS) is 31.6. The monoisotopic (exact) mass is 306 g/mol. The second-order valence-corrected chi connectivity index (χ2v) is 8.68. The summed E-state index contributed by atoms with van der Waals surface area (Å²) in [5.74, 6) is 1.70.